The van der Waals surface area contributed by atoms with Crippen molar-refractivity contribution in [1.82, 2.24) is 0 Å². The van der Waals surface area contributed by atoms with Gasteiger partial charge in [0.25, 0.3) is 0 Å². The minimum Gasteiger partial charge on any atom is -0.463 e. The molecule has 0 aromatic rings. The molecule has 18 heteroatoms. The molecule has 602 valence electrons. The van der Waals surface area contributed by atoms with Crippen LogP contribution in [0.3, 0.4) is 0 Å². The smallest absolute Gasteiger partial charge is 0.463 e. The summed E-state index contributed by atoms with van der Waals surface area (Å²) in [6, 6.07) is 0. The number of rotatable bonds is 77. The third-order valence-electron chi connectivity index (χ3n) is 17.0. The molecule has 5 atom stereocenters. The lowest BCUT2D eigenvalue weighted by Gasteiger charge is -2.21. The predicted molar refractivity (Wildman–Crippen MR) is 436 cm³/mol. The standard InChI is InChI=1S/C87H148O16P2/c1-4-7-10-13-16-19-22-25-28-30-32-34-35-36-37-38-39-40-41-42-43-44-45-47-49-50-53-55-58-61-64-67-70-73-85(90)97-76-82(88)77-99-104(93,94)100-78-83(89)79-101-105(95,96)102-81-84(103-87(92)75-72-69-66-63-60-57-52-27-24-21-18-15-12-9-6-3)80-98-86(91)74-71-68-65-62-59-56-54-51-48-46-33-31-29-26-23-20-17-14-11-8-5-2/h7,9-10,12,16-21,25-29,32-34,36-37,46,51-52,54,82-84,88-89H,4-6,8,11,13-15,22-24,30-31,35,38-45,47-50,53,55-81H2,1-3H3,(H,93,94)(H,95,96)/b10-7-,12-9-,19-16-,20-17-,21-18-,28-25-,29-26-,34-32-,37-36-,46-33-,52-27-,54-51-. The van der Waals surface area contributed by atoms with Crippen LogP contribution in [0.25, 0.3) is 0 Å². The number of carbonyl (C=O) groups is 3. The molecule has 0 saturated carbocycles. The van der Waals surface area contributed by atoms with Crippen molar-refractivity contribution in [3.05, 3.63) is 146 Å². The van der Waals surface area contributed by atoms with E-state index < -0.39 is 91.5 Å². The molecule has 0 aliphatic carbocycles. The number of carbonyl (C=O) groups excluding carboxylic acids is 3. The summed E-state index contributed by atoms with van der Waals surface area (Å²) in [5.74, 6) is -1.61. The van der Waals surface area contributed by atoms with Crippen LogP contribution in [0, 0.1) is 0 Å². The molecular weight excluding hydrogens is 1360 g/mol. The van der Waals surface area contributed by atoms with E-state index in [4.69, 9.17) is 32.3 Å². The summed E-state index contributed by atoms with van der Waals surface area (Å²) in [5, 5.41) is 20.7. The zero-order valence-corrected chi connectivity index (χ0v) is 67.6. The Kier molecular flexibility index (Phi) is 75.6. The van der Waals surface area contributed by atoms with E-state index in [0.29, 0.717) is 19.3 Å². The Hall–Kier alpha value is -4.57. The molecule has 0 heterocycles. The molecule has 5 unspecified atom stereocenters. The SMILES string of the molecule is CC/C=C\C/C=C\C/C=C\C/C=C\C/C=C\CCCCCCCCCCCCCCCCCCCC(=O)OCC(O)COP(=O)(O)OCC(O)COP(=O)(O)OCC(COC(=O)CCCCCCC/C=C\C/C=C\C/C=C\C/C=C\CCCCC)OC(=O)CCCCCCC/C=C\C/C=C\C/C=C\CC. The first-order chi connectivity index (χ1) is 51.2. The van der Waals surface area contributed by atoms with Gasteiger partial charge in [0.05, 0.1) is 26.4 Å². The minimum atomic E-state index is -4.94. The lowest BCUT2D eigenvalue weighted by Crippen LogP contribution is -2.30. The van der Waals surface area contributed by atoms with Crippen molar-refractivity contribution in [3.8, 4) is 0 Å². The van der Waals surface area contributed by atoms with Crippen molar-refractivity contribution in [2.24, 2.45) is 0 Å². The van der Waals surface area contributed by atoms with Gasteiger partial charge in [0.15, 0.2) is 6.10 Å². The fourth-order valence-electron chi connectivity index (χ4n) is 10.8. The fourth-order valence-corrected chi connectivity index (χ4v) is 12.4. The van der Waals surface area contributed by atoms with Crippen molar-refractivity contribution < 1.29 is 75.8 Å². The predicted octanol–water partition coefficient (Wildman–Crippen LogP) is 24.4. The molecule has 0 aliphatic heterocycles. The Morgan fingerprint density at radius 3 is 0.800 bits per heavy atom. The van der Waals surface area contributed by atoms with Crippen LogP contribution >= 0.6 is 15.6 Å². The molecule has 0 rings (SSSR count). The van der Waals surface area contributed by atoms with Crippen LogP contribution in [-0.4, -0.2) is 95.9 Å². The van der Waals surface area contributed by atoms with E-state index in [1.165, 1.54) is 116 Å². The number of ether oxygens (including phenoxy) is 3. The Morgan fingerprint density at radius 2 is 0.505 bits per heavy atom. The first-order valence-corrected chi connectivity index (χ1v) is 44.1. The highest BCUT2D eigenvalue weighted by atomic mass is 31.2. The van der Waals surface area contributed by atoms with Gasteiger partial charge in [-0.05, 0) is 141 Å². The van der Waals surface area contributed by atoms with Gasteiger partial charge in [-0.1, -0.05) is 314 Å². The first-order valence-electron chi connectivity index (χ1n) is 41.1. The van der Waals surface area contributed by atoms with Gasteiger partial charge in [-0.3, -0.25) is 32.5 Å². The highest BCUT2D eigenvalue weighted by molar-refractivity contribution is 7.47. The number of allylic oxidation sites excluding steroid dienone is 24. The average Bonchev–Trinajstić information content (AvgIpc) is 0.940. The van der Waals surface area contributed by atoms with Gasteiger partial charge in [-0.2, -0.15) is 0 Å². The maximum absolute atomic E-state index is 13.0. The number of phosphoric acid groups is 2. The Bertz CT molecular complexity index is 2490. The van der Waals surface area contributed by atoms with Crippen LogP contribution in [0.4, 0.5) is 0 Å². The Morgan fingerprint density at radius 1 is 0.276 bits per heavy atom. The average molecular weight is 1510 g/mol. The number of aliphatic hydroxyl groups is 2. The van der Waals surface area contributed by atoms with Crippen molar-refractivity contribution in [3.63, 3.8) is 0 Å². The second-order valence-corrected chi connectivity index (χ2v) is 30.1. The summed E-state index contributed by atoms with van der Waals surface area (Å²) in [4.78, 5) is 58.7. The number of unbranched alkanes of at least 4 members (excludes halogenated alkanes) is 30. The molecular formula is C87H148O16P2. The second kappa shape index (κ2) is 79.0. The van der Waals surface area contributed by atoms with Crippen molar-refractivity contribution >= 4 is 33.6 Å². The van der Waals surface area contributed by atoms with Crippen LogP contribution in [0.1, 0.15) is 329 Å². The highest BCUT2D eigenvalue weighted by Gasteiger charge is 2.29. The van der Waals surface area contributed by atoms with E-state index in [-0.39, 0.29) is 19.3 Å². The van der Waals surface area contributed by atoms with Gasteiger partial charge < -0.3 is 34.2 Å². The quantitative estimate of drug-likeness (QED) is 0.0146. The summed E-state index contributed by atoms with van der Waals surface area (Å²) >= 11 is 0. The molecule has 0 aliphatic rings. The molecule has 4 N–H and O–H groups in total. The first kappa shape index (κ1) is 100. The molecule has 0 fully saturated rings. The van der Waals surface area contributed by atoms with E-state index >= 15 is 0 Å². The van der Waals surface area contributed by atoms with Crippen LogP contribution in [-0.2, 0) is 55.8 Å². The van der Waals surface area contributed by atoms with Gasteiger partial charge in [0.1, 0.15) is 25.4 Å². The lowest BCUT2D eigenvalue weighted by molar-refractivity contribution is -0.161. The zero-order chi connectivity index (χ0) is 76.6. The van der Waals surface area contributed by atoms with Gasteiger partial charge in [0.2, 0.25) is 0 Å². The molecule has 0 spiro atoms. The van der Waals surface area contributed by atoms with Gasteiger partial charge >= 0.3 is 33.6 Å². The normalized spacial score (nSPS) is 14.7. The Labute approximate surface area is 638 Å². The van der Waals surface area contributed by atoms with Crippen LogP contribution < -0.4 is 0 Å². The molecule has 16 nitrogen and oxygen atoms in total. The molecule has 0 bridgehead atoms. The number of hydrogen-bond acceptors (Lipinski definition) is 14. The summed E-state index contributed by atoms with van der Waals surface area (Å²) in [6.07, 6.45) is 97.6. The van der Waals surface area contributed by atoms with Crippen LogP contribution in [0.2, 0.25) is 0 Å². The largest absolute Gasteiger partial charge is 0.472 e. The topological polar surface area (TPSA) is 231 Å². The highest BCUT2D eigenvalue weighted by Crippen LogP contribution is 2.45. The lowest BCUT2D eigenvalue weighted by atomic mass is 10.0. The van der Waals surface area contributed by atoms with Crippen molar-refractivity contribution in [1.29, 1.82) is 0 Å². The van der Waals surface area contributed by atoms with E-state index in [1.54, 1.807) is 0 Å². The van der Waals surface area contributed by atoms with Crippen LogP contribution in [0.5, 0.6) is 0 Å². The zero-order valence-electron chi connectivity index (χ0n) is 65.9. The second-order valence-electron chi connectivity index (χ2n) is 27.2. The third kappa shape index (κ3) is 80.3. The molecule has 0 aromatic heterocycles. The van der Waals surface area contributed by atoms with E-state index in [2.05, 4.69) is 167 Å². The summed E-state index contributed by atoms with van der Waals surface area (Å²) < 4.78 is 61.2. The summed E-state index contributed by atoms with van der Waals surface area (Å²) in [5.41, 5.74) is 0. The Balaban J connectivity index is 4.47. The van der Waals surface area contributed by atoms with E-state index in [9.17, 15) is 43.5 Å². The van der Waals surface area contributed by atoms with Gasteiger partial charge in [-0.25, -0.2) is 9.13 Å². The fraction of sp³-hybridized carbons (Fsp3) is 0.690. The van der Waals surface area contributed by atoms with Crippen LogP contribution in [0.15, 0.2) is 146 Å². The summed E-state index contributed by atoms with van der Waals surface area (Å²) in [7, 11) is -9.81. The summed E-state index contributed by atoms with van der Waals surface area (Å²) in [6.45, 7) is 2.40. The maximum Gasteiger partial charge on any atom is 0.472 e. The molecule has 0 radical (unpaired) electrons. The number of esters is 3. The number of hydrogen-bond donors (Lipinski definition) is 4. The number of phosphoric ester groups is 2. The van der Waals surface area contributed by atoms with Gasteiger partial charge in [0, 0.05) is 19.3 Å². The molecule has 0 saturated heterocycles. The van der Waals surface area contributed by atoms with E-state index in [1.807, 2.05) is 0 Å². The molecule has 0 amide bonds. The van der Waals surface area contributed by atoms with E-state index in [0.717, 1.165) is 154 Å². The number of aliphatic hydroxyl groups excluding tert-OH is 2. The third-order valence-corrected chi connectivity index (χ3v) is 18.9. The van der Waals surface area contributed by atoms with Gasteiger partial charge in [-0.15, -0.1) is 0 Å². The minimum absolute atomic E-state index is 0.0776. The van der Waals surface area contributed by atoms with Crippen molar-refractivity contribution in [2.45, 2.75) is 347 Å². The molecule has 0 aromatic carbocycles. The maximum atomic E-state index is 13.0. The molecule has 105 heavy (non-hydrogen) atoms. The van der Waals surface area contributed by atoms with Crippen molar-refractivity contribution in [2.75, 3.05) is 39.6 Å². The monoisotopic (exact) mass is 1510 g/mol.